The van der Waals surface area contributed by atoms with E-state index in [9.17, 15) is 0 Å². The van der Waals surface area contributed by atoms with Crippen LogP contribution in [-0.2, 0) is 0 Å². The standard InChI is InChI=1S/C8H9N2OS.Pb/c1-11-5-2-3-6-7(4-5)10-8(12)9-6;/h2-4,9-10,12H,1H3;. The maximum atomic E-state index is 5.13. The second kappa shape index (κ2) is 3.23. The van der Waals surface area contributed by atoms with E-state index in [4.69, 9.17) is 4.74 Å². The summed E-state index contributed by atoms with van der Waals surface area (Å²) >= 11 is 5.37. The molecule has 0 saturated heterocycles. The quantitative estimate of drug-likeness (QED) is 0.500. The minimum atomic E-state index is -0.227. The van der Waals surface area contributed by atoms with Crippen LogP contribution in [0.1, 0.15) is 0 Å². The van der Waals surface area contributed by atoms with Crippen molar-refractivity contribution < 1.29 is 4.74 Å². The first-order valence-corrected chi connectivity index (χ1v) is 6.21. The second-order valence-electron chi connectivity index (χ2n) is 2.87. The molecule has 0 aromatic heterocycles. The molecule has 2 rings (SSSR count). The zero-order chi connectivity index (χ0) is 9.47. The van der Waals surface area contributed by atoms with Gasteiger partial charge < -0.3 is 0 Å². The van der Waals surface area contributed by atoms with Gasteiger partial charge >= 0.3 is 98.8 Å². The molecule has 0 amide bonds. The van der Waals surface area contributed by atoms with Crippen LogP contribution < -0.4 is 15.4 Å². The summed E-state index contributed by atoms with van der Waals surface area (Å²) in [6, 6.07) is 5.90. The summed E-state index contributed by atoms with van der Waals surface area (Å²) in [7, 11) is 1.67. The molecule has 1 aromatic carbocycles. The number of rotatable bonds is 1. The van der Waals surface area contributed by atoms with E-state index in [1.165, 1.54) is 0 Å². The third-order valence-corrected chi connectivity index (χ3v) is 3.05. The molecule has 3 nitrogen and oxygen atoms in total. The molecule has 0 aliphatic carbocycles. The summed E-state index contributed by atoms with van der Waals surface area (Å²) in [5.41, 5.74) is 2.15. The van der Waals surface area contributed by atoms with Crippen LogP contribution in [0.5, 0.6) is 5.75 Å². The molecule has 2 N–H and O–H groups in total. The molecule has 1 atom stereocenters. The van der Waals surface area contributed by atoms with Gasteiger partial charge in [-0.25, -0.2) is 0 Å². The van der Waals surface area contributed by atoms with Gasteiger partial charge in [-0.3, -0.25) is 0 Å². The monoisotopic (exact) mass is 389 g/mol. The summed E-state index contributed by atoms with van der Waals surface area (Å²) in [5.74, 6) is 0.862. The Morgan fingerprint density at radius 3 is 2.77 bits per heavy atom. The molecule has 0 saturated carbocycles. The van der Waals surface area contributed by atoms with Crippen LogP contribution in [-0.4, -0.2) is 35.4 Å². The van der Waals surface area contributed by atoms with Crippen molar-refractivity contribution >= 4 is 49.8 Å². The Labute approximate surface area is 98.3 Å². The number of benzene rings is 1. The molecule has 1 heterocycles. The topological polar surface area (TPSA) is 33.3 Å². The summed E-state index contributed by atoms with van der Waals surface area (Å²) in [4.78, 5) is 0. The zero-order valence-corrected chi connectivity index (χ0v) is 11.9. The Bertz CT molecular complexity index is 343. The molecule has 1 aliphatic rings. The van der Waals surface area contributed by atoms with Crippen molar-refractivity contribution in [1.82, 2.24) is 0 Å². The van der Waals surface area contributed by atoms with Gasteiger partial charge in [0.05, 0.1) is 0 Å². The Morgan fingerprint density at radius 1 is 1.38 bits per heavy atom. The maximum absolute atomic E-state index is 5.13. The summed E-state index contributed by atoms with van der Waals surface area (Å²) < 4.78 is 4.90. The summed E-state index contributed by atoms with van der Waals surface area (Å²) in [6.07, 6.45) is 0. The zero-order valence-electron chi connectivity index (χ0n) is 7.09. The Morgan fingerprint density at radius 2 is 2.08 bits per heavy atom. The normalized spacial score (nSPS) is 24.5. The van der Waals surface area contributed by atoms with Crippen LogP contribution in [0.25, 0.3) is 0 Å². The molecule has 0 bridgehead atoms. The number of ether oxygens (including phenoxy) is 1. The van der Waals surface area contributed by atoms with E-state index in [2.05, 4.69) is 23.3 Å². The van der Waals surface area contributed by atoms with E-state index in [0.29, 0.717) is 0 Å². The van der Waals surface area contributed by atoms with E-state index in [-0.39, 0.29) is 2.55 Å². The van der Waals surface area contributed by atoms with Crippen molar-refractivity contribution in [2.75, 3.05) is 17.7 Å². The molecule has 3 radical (unpaired) electrons. The molecule has 1 unspecified atom stereocenters. The number of hydrogen-bond donors (Lipinski definition) is 3. The minimum absolute atomic E-state index is 0.227. The van der Waals surface area contributed by atoms with Gasteiger partial charge in [0.1, 0.15) is 0 Å². The van der Waals surface area contributed by atoms with Crippen LogP contribution in [0.4, 0.5) is 11.4 Å². The Balaban J connectivity index is 2.36. The SMILES string of the molecule is COc1ccc2c(c1)N[C](S)([Pb])N2. The van der Waals surface area contributed by atoms with Crippen LogP contribution in [0.2, 0.25) is 0 Å². The second-order valence-corrected chi connectivity index (χ2v) is 8.09. The average Bonchev–Trinajstić information content (AvgIpc) is 2.36. The number of nitrogens with one attached hydrogen (secondary N) is 2. The summed E-state index contributed by atoms with van der Waals surface area (Å²) in [6.45, 7) is 0. The molecule has 13 heavy (non-hydrogen) atoms. The van der Waals surface area contributed by atoms with Gasteiger partial charge in [0.15, 0.2) is 0 Å². The molecule has 67 valence electrons. The molecular formula is C8H9N2OPbS. The molecular weight excluding hydrogens is 379 g/mol. The van der Waals surface area contributed by atoms with E-state index < -0.39 is 0 Å². The van der Waals surface area contributed by atoms with Gasteiger partial charge in [-0.05, 0) is 0 Å². The predicted octanol–water partition coefficient (Wildman–Crippen LogP) is 1.24. The number of anilines is 2. The van der Waals surface area contributed by atoms with Crippen LogP contribution in [0.3, 0.4) is 0 Å². The first kappa shape index (κ1) is 9.45. The van der Waals surface area contributed by atoms with E-state index in [1.807, 2.05) is 18.2 Å². The van der Waals surface area contributed by atoms with E-state index >= 15 is 0 Å². The third kappa shape index (κ3) is 1.88. The number of fused-ring (bicyclic) bond motifs is 1. The van der Waals surface area contributed by atoms with Crippen LogP contribution >= 0.6 is 12.6 Å². The van der Waals surface area contributed by atoms with Crippen molar-refractivity contribution in [2.24, 2.45) is 0 Å². The summed E-state index contributed by atoms with van der Waals surface area (Å²) in [5, 5.41) is 6.57. The number of hydrogen-bond acceptors (Lipinski definition) is 4. The van der Waals surface area contributed by atoms with E-state index in [1.54, 1.807) is 7.11 Å². The number of thiol groups is 1. The fourth-order valence-electron chi connectivity index (χ4n) is 1.28. The third-order valence-electron chi connectivity index (χ3n) is 1.86. The average molecular weight is 388 g/mol. The fourth-order valence-corrected chi connectivity index (χ4v) is 2.57. The van der Waals surface area contributed by atoms with Crippen LogP contribution in [0, 0.1) is 0 Å². The van der Waals surface area contributed by atoms with Crippen molar-refractivity contribution in [3.63, 3.8) is 0 Å². The van der Waals surface area contributed by atoms with Crippen molar-refractivity contribution in [2.45, 2.75) is 2.55 Å². The van der Waals surface area contributed by atoms with Gasteiger partial charge in [-0.15, -0.1) is 0 Å². The Hall–Kier alpha value is -0.108. The molecule has 1 aliphatic heterocycles. The fraction of sp³-hybridized carbons (Fsp3) is 0.250. The van der Waals surface area contributed by atoms with Crippen molar-refractivity contribution in [1.29, 1.82) is 0 Å². The molecule has 0 spiro atoms. The Kier molecular flexibility index (Phi) is 2.35. The van der Waals surface area contributed by atoms with Gasteiger partial charge in [-0.2, -0.15) is 0 Å². The predicted molar refractivity (Wildman–Crippen MR) is 57.7 cm³/mol. The van der Waals surface area contributed by atoms with Crippen molar-refractivity contribution in [3.8, 4) is 5.75 Å². The number of methoxy groups -OCH3 is 1. The first-order valence-electron chi connectivity index (χ1n) is 3.82. The van der Waals surface area contributed by atoms with Gasteiger partial charge in [0.2, 0.25) is 0 Å². The van der Waals surface area contributed by atoms with E-state index in [0.717, 1.165) is 42.9 Å². The molecule has 5 heteroatoms. The first-order chi connectivity index (χ1) is 6.11. The van der Waals surface area contributed by atoms with Crippen LogP contribution in [0.15, 0.2) is 18.2 Å². The molecule has 1 aromatic rings. The van der Waals surface area contributed by atoms with Gasteiger partial charge in [0, 0.05) is 0 Å². The molecule has 0 fully saturated rings. The van der Waals surface area contributed by atoms with Crippen molar-refractivity contribution in [3.05, 3.63) is 18.2 Å². The van der Waals surface area contributed by atoms with Gasteiger partial charge in [-0.1, -0.05) is 0 Å². The van der Waals surface area contributed by atoms with Gasteiger partial charge in [0.25, 0.3) is 0 Å².